The van der Waals surface area contributed by atoms with E-state index in [1.165, 1.54) is 0 Å². The first-order valence-corrected chi connectivity index (χ1v) is 10.6. The highest BCUT2D eigenvalue weighted by atomic mass is 35.5. The van der Waals surface area contributed by atoms with Crippen LogP contribution in [0.15, 0.2) is 24.3 Å². The second-order valence-corrected chi connectivity index (χ2v) is 7.65. The predicted molar refractivity (Wildman–Crippen MR) is 114 cm³/mol. The Balaban J connectivity index is 1.72. The van der Waals surface area contributed by atoms with Crippen LogP contribution in [0.4, 0.5) is 5.69 Å². The number of ether oxygens (including phenoxy) is 1. The maximum atomic E-state index is 12.7. The van der Waals surface area contributed by atoms with Crippen LogP contribution in [-0.2, 0) is 11.2 Å². The van der Waals surface area contributed by atoms with Crippen molar-refractivity contribution < 1.29 is 19.4 Å². The first-order chi connectivity index (χ1) is 14.4. The van der Waals surface area contributed by atoms with Gasteiger partial charge in [-0.15, -0.1) is 0 Å². The van der Waals surface area contributed by atoms with Crippen LogP contribution in [0, 0.1) is 0 Å². The molecule has 0 aliphatic carbocycles. The number of imidazole rings is 1. The quantitative estimate of drug-likeness (QED) is 0.589. The van der Waals surface area contributed by atoms with E-state index in [0.717, 1.165) is 17.8 Å². The van der Waals surface area contributed by atoms with E-state index in [1.807, 2.05) is 19.9 Å². The van der Waals surface area contributed by atoms with E-state index in [4.69, 9.17) is 16.3 Å². The number of aromatic carboxylic acids is 1. The monoisotopic (exact) mass is 434 g/mol. The predicted octanol–water partition coefficient (Wildman–Crippen LogP) is 3.13. The Hall–Kier alpha value is -2.58. The summed E-state index contributed by atoms with van der Waals surface area (Å²) in [6.07, 6.45) is 1.95. The molecule has 0 radical (unpaired) electrons. The molecular formula is C21H27ClN4O4. The highest BCUT2D eigenvalue weighted by Gasteiger charge is 2.32. The molecule has 9 heteroatoms. The van der Waals surface area contributed by atoms with Crippen molar-refractivity contribution in [3.63, 3.8) is 0 Å². The normalized spacial score (nSPS) is 19.0. The van der Waals surface area contributed by atoms with Gasteiger partial charge in [0.1, 0.15) is 0 Å². The molecule has 0 unspecified atom stereocenters. The van der Waals surface area contributed by atoms with Crippen LogP contribution in [0.2, 0.25) is 5.15 Å². The molecule has 3 rings (SSSR count). The molecule has 162 valence electrons. The summed E-state index contributed by atoms with van der Waals surface area (Å²) in [4.78, 5) is 33.1. The van der Waals surface area contributed by atoms with Crippen molar-refractivity contribution in [1.82, 2.24) is 15.3 Å². The summed E-state index contributed by atoms with van der Waals surface area (Å²) < 4.78 is 6.03. The van der Waals surface area contributed by atoms with Gasteiger partial charge in [0.05, 0.1) is 23.4 Å². The molecule has 1 aliphatic rings. The summed E-state index contributed by atoms with van der Waals surface area (Å²) >= 11 is 6.06. The van der Waals surface area contributed by atoms with Crippen molar-refractivity contribution in [2.75, 3.05) is 24.6 Å². The number of carbonyl (C=O) groups is 2. The van der Waals surface area contributed by atoms with E-state index in [0.29, 0.717) is 37.7 Å². The number of anilines is 1. The Morgan fingerprint density at radius 2 is 2.20 bits per heavy atom. The third-order valence-corrected chi connectivity index (χ3v) is 5.48. The minimum Gasteiger partial charge on any atom is -0.478 e. The van der Waals surface area contributed by atoms with Gasteiger partial charge in [-0.05, 0) is 37.5 Å². The fourth-order valence-electron chi connectivity index (χ4n) is 3.56. The molecule has 1 aromatic carbocycles. The number of carboxylic acid groups (broad SMARTS) is 1. The second-order valence-electron chi connectivity index (χ2n) is 7.29. The molecule has 1 amide bonds. The maximum absolute atomic E-state index is 12.7. The third kappa shape index (κ3) is 5.12. The molecule has 3 N–H and O–H groups in total. The number of carboxylic acids is 1. The molecule has 1 saturated heterocycles. The Morgan fingerprint density at radius 1 is 1.40 bits per heavy atom. The van der Waals surface area contributed by atoms with Gasteiger partial charge in [-0.25, -0.2) is 9.78 Å². The van der Waals surface area contributed by atoms with E-state index in [1.54, 1.807) is 18.2 Å². The number of aromatic amines is 1. The summed E-state index contributed by atoms with van der Waals surface area (Å²) in [6, 6.07) is 6.68. The molecule has 1 aromatic heterocycles. The number of rotatable bonds is 8. The average molecular weight is 435 g/mol. The van der Waals surface area contributed by atoms with Gasteiger partial charge in [-0.1, -0.05) is 31.5 Å². The lowest BCUT2D eigenvalue weighted by atomic mass is 10.00. The summed E-state index contributed by atoms with van der Waals surface area (Å²) in [7, 11) is 0. The standard InChI is InChI=1S/C21H27ClN4O4/c1-3-10-30-17-12-26(14-7-5-6-13(11-14)21(28)29)9-8-16(17)24-20(27)19-23-15(4-2)18(22)25-19/h5-7,11,16-17H,3-4,8-10,12H2,1-2H3,(H,23,25)(H,24,27)(H,28,29)/t16-,17+/m1/s1. The number of aromatic nitrogens is 2. The molecule has 0 saturated carbocycles. The van der Waals surface area contributed by atoms with Crippen molar-refractivity contribution >= 4 is 29.2 Å². The van der Waals surface area contributed by atoms with Crippen molar-refractivity contribution in [2.24, 2.45) is 0 Å². The fourth-order valence-corrected chi connectivity index (χ4v) is 3.82. The smallest absolute Gasteiger partial charge is 0.335 e. The molecular weight excluding hydrogens is 408 g/mol. The number of nitrogens with one attached hydrogen (secondary N) is 2. The molecule has 2 atom stereocenters. The molecule has 0 bridgehead atoms. The van der Waals surface area contributed by atoms with E-state index < -0.39 is 5.97 Å². The van der Waals surface area contributed by atoms with Crippen LogP contribution in [0.25, 0.3) is 0 Å². The first kappa shape index (κ1) is 22.1. The summed E-state index contributed by atoms with van der Waals surface area (Å²) in [5.41, 5.74) is 1.80. The Kier molecular flexibility index (Phi) is 7.33. The van der Waals surface area contributed by atoms with E-state index in [2.05, 4.69) is 20.2 Å². The van der Waals surface area contributed by atoms with E-state index in [-0.39, 0.29) is 29.4 Å². The largest absolute Gasteiger partial charge is 0.478 e. The van der Waals surface area contributed by atoms with Crippen molar-refractivity contribution in [2.45, 2.75) is 45.3 Å². The number of piperidine rings is 1. The van der Waals surface area contributed by atoms with Crippen molar-refractivity contribution in [3.05, 3.63) is 46.5 Å². The highest BCUT2D eigenvalue weighted by Crippen LogP contribution is 2.23. The van der Waals surface area contributed by atoms with Gasteiger partial charge in [0.25, 0.3) is 5.91 Å². The number of amides is 1. The molecule has 1 aliphatic heterocycles. The third-order valence-electron chi connectivity index (χ3n) is 5.17. The van der Waals surface area contributed by atoms with Crippen LogP contribution in [0.3, 0.4) is 0 Å². The van der Waals surface area contributed by atoms with Crippen molar-refractivity contribution in [1.29, 1.82) is 0 Å². The number of aryl methyl sites for hydroxylation is 1. The summed E-state index contributed by atoms with van der Waals surface area (Å²) in [6.45, 7) is 5.76. The van der Waals surface area contributed by atoms with Crippen LogP contribution in [0.5, 0.6) is 0 Å². The van der Waals surface area contributed by atoms with Gasteiger partial charge >= 0.3 is 5.97 Å². The number of nitrogens with zero attached hydrogens (tertiary/aromatic N) is 2. The number of hydrogen-bond acceptors (Lipinski definition) is 5. The fraction of sp³-hybridized carbons (Fsp3) is 0.476. The average Bonchev–Trinajstić information content (AvgIpc) is 3.14. The minimum atomic E-state index is -0.957. The molecule has 1 fully saturated rings. The summed E-state index contributed by atoms with van der Waals surface area (Å²) in [5, 5.41) is 12.6. The molecule has 0 spiro atoms. The van der Waals surface area contributed by atoms with Crippen molar-refractivity contribution in [3.8, 4) is 0 Å². The topological polar surface area (TPSA) is 108 Å². The van der Waals surface area contributed by atoms with Gasteiger partial charge in [0, 0.05) is 25.4 Å². The van der Waals surface area contributed by atoms with Crippen LogP contribution < -0.4 is 10.2 Å². The molecule has 2 aromatic rings. The van der Waals surface area contributed by atoms with Gasteiger partial charge < -0.3 is 25.0 Å². The Morgan fingerprint density at radius 3 is 2.87 bits per heavy atom. The highest BCUT2D eigenvalue weighted by molar-refractivity contribution is 6.30. The Labute approximate surface area is 180 Å². The van der Waals surface area contributed by atoms with Gasteiger partial charge in [-0.3, -0.25) is 4.79 Å². The van der Waals surface area contributed by atoms with Gasteiger partial charge in [0.2, 0.25) is 0 Å². The van der Waals surface area contributed by atoms with Gasteiger partial charge in [-0.2, -0.15) is 0 Å². The maximum Gasteiger partial charge on any atom is 0.335 e. The summed E-state index contributed by atoms with van der Waals surface area (Å²) in [5.74, 6) is -1.07. The molecule has 8 nitrogen and oxygen atoms in total. The lowest BCUT2D eigenvalue weighted by Crippen LogP contribution is -2.55. The van der Waals surface area contributed by atoms with Crippen LogP contribution in [-0.4, -0.2) is 58.8 Å². The van der Waals surface area contributed by atoms with E-state index in [9.17, 15) is 14.7 Å². The number of carbonyl (C=O) groups excluding carboxylic acids is 1. The zero-order valence-electron chi connectivity index (χ0n) is 17.2. The number of benzene rings is 1. The van der Waals surface area contributed by atoms with Gasteiger partial charge in [0.15, 0.2) is 11.0 Å². The SMILES string of the molecule is CCCO[C@H]1CN(c2cccc(C(=O)O)c2)CC[C@H]1NC(=O)c1nc(Cl)c(CC)[nH]1. The van der Waals surface area contributed by atoms with Crippen LogP contribution >= 0.6 is 11.6 Å². The van der Waals surface area contributed by atoms with Crippen LogP contribution in [0.1, 0.15) is 53.4 Å². The lowest BCUT2D eigenvalue weighted by Gasteiger charge is -2.39. The zero-order valence-corrected chi connectivity index (χ0v) is 17.9. The molecule has 2 heterocycles. The number of H-pyrrole nitrogens is 1. The minimum absolute atomic E-state index is 0.183. The van der Waals surface area contributed by atoms with E-state index >= 15 is 0 Å². The number of halogens is 1. The zero-order chi connectivity index (χ0) is 21.7. The second kappa shape index (κ2) is 9.95. The Bertz CT molecular complexity index is 901. The first-order valence-electron chi connectivity index (χ1n) is 10.2. The molecule has 30 heavy (non-hydrogen) atoms. The number of hydrogen-bond donors (Lipinski definition) is 3. The lowest BCUT2D eigenvalue weighted by molar-refractivity contribution is 0.0204.